The lowest BCUT2D eigenvalue weighted by atomic mass is 9.82. The SMILES string of the molecule is O=C([C@H](c1ccccc1)n1cnnn1)N1CC2C[C@@H](C1)Cn1c2ccc([NH+]([O-])O)c1=O. The minimum absolute atomic E-state index is 0.0303. The highest BCUT2D eigenvalue weighted by molar-refractivity contribution is 5.83. The zero-order chi connectivity index (χ0) is 21.5. The first-order valence-electron chi connectivity index (χ1n) is 10.1. The average molecular weight is 423 g/mol. The molecule has 2 unspecified atom stereocenters. The van der Waals surface area contributed by atoms with E-state index in [-0.39, 0.29) is 23.4 Å². The van der Waals surface area contributed by atoms with E-state index in [1.165, 1.54) is 17.1 Å². The number of benzene rings is 1. The molecule has 1 aromatic carbocycles. The van der Waals surface area contributed by atoms with E-state index in [0.29, 0.717) is 19.6 Å². The molecule has 1 saturated heterocycles. The van der Waals surface area contributed by atoms with Crippen molar-refractivity contribution >= 4 is 11.6 Å². The number of amides is 1. The maximum absolute atomic E-state index is 13.6. The van der Waals surface area contributed by atoms with Gasteiger partial charge in [0.1, 0.15) is 6.33 Å². The van der Waals surface area contributed by atoms with E-state index in [9.17, 15) is 20.0 Å². The molecule has 4 atom stereocenters. The molecule has 4 heterocycles. The van der Waals surface area contributed by atoms with Gasteiger partial charge in [0.05, 0.1) is 0 Å². The minimum atomic E-state index is -1.22. The first-order chi connectivity index (χ1) is 15.0. The van der Waals surface area contributed by atoms with Gasteiger partial charge in [0.2, 0.25) is 5.69 Å². The largest absolute Gasteiger partial charge is 0.595 e. The van der Waals surface area contributed by atoms with Gasteiger partial charge in [0.15, 0.2) is 6.04 Å². The van der Waals surface area contributed by atoms with Crippen LogP contribution in [0.25, 0.3) is 0 Å². The van der Waals surface area contributed by atoms with Crippen molar-refractivity contribution in [1.82, 2.24) is 29.7 Å². The highest BCUT2D eigenvalue weighted by Crippen LogP contribution is 2.36. The number of fused-ring (bicyclic) bond motifs is 4. The van der Waals surface area contributed by atoms with Crippen LogP contribution in [-0.4, -0.2) is 53.9 Å². The van der Waals surface area contributed by atoms with Crippen molar-refractivity contribution in [3.8, 4) is 0 Å². The van der Waals surface area contributed by atoms with Crippen LogP contribution in [0.2, 0.25) is 0 Å². The van der Waals surface area contributed by atoms with Crippen molar-refractivity contribution < 1.29 is 15.2 Å². The highest BCUT2D eigenvalue weighted by Gasteiger charge is 2.39. The topological polar surface area (TPSA) is 134 Å². The predicted octanol–water partition coefficient (Wildman–Crippen LogP) is -0.526. The zero-order valence-electron chi connectivity index (χ0n) is 16.5. The van der Waals surface area contributed by atoms with Gasteiger partial charge in [0.25, 0.3) is 5.91 Å². The molecule has 11 nitrogen and oxygen atoms in total. The van der Waals surface area contributed by atoms with Gasteiger partial charge in [-0.2, -0.15) is 5.23 Å². The number of tetrazole rings is 1. The second-order valence-corrected chi connectivity index (χ2v) is 8.04. The molecule has 11 heteroatoms. The van der Waals surface area contributed by atoms with Gasteiger partial charge in [0, 0.05) is 37.3 Å². The predicted molar refractivity (Wildman–Crippen MR) is 106 cm³/mol. The van der Waals surface area contributed by atoms with E-state index >= 15 is 0 Å². The molecule has 0 spiro atoms. The van der Waals surface area contributed by atoms with Crippen molar-refractivity contribution in [3.05, 3.63) is 75.6 Å². The molecule has 1 amide bonds. The smallest absolute Gasteiger partial charge is 0.315 e. The number of rotatable bonds is 4. The number of carbonyl (C=O) groups is 1. The molecular weight excluding hydrogens is 402 g/mol. The Morgan fingerprint density at radius 1 is 1.16 bits per heavy atom. The second-order valence-electron chi connectivity index (χ2n) is 8.04. The Kier molecular flexibility index (Phi) is 4.85. The average Bonchev–Trinajstić information content (AvgIpc) is 3.29. The third-order valence-corrected chi connectivity index (χ3v) is 6.12. The summed E-state index contributed by atoms with van der Waals surface area (Å²) in [5.74, 6) is -0.0642. The number of hydrogen-bond acceptors (Lipinski definition) is 7. The Labute approximate surface area is 176 Å². The number of pyridine rings is 1. The summed E-state index contributed by atoms with van der Waals surface area (Å²) in [6.07, 6.45) is 2.29. The van der Waals surface area contributed by atoms with Crippen LogP contribution in [0.15, 0.2) is 53.6 Å². The Balaban J connectivity index is 1.46. The van der Waals surface area contributed by atoms with Gasteiger partial charge in [-0.05, 0) is 34.4 Å². The lowest BCUT2D eigenvalue weighted by Crippen LogP contribution is -3.00. The molecule has 0 saturated carbocycles. The maximum atomic E-state index is 13.6. The van der Waals surface area contributed by atoms with E-state index in [4.69, 9.17) is 0 Å². The molecule has 2 aliphatic rings. The first-order valence-corrected chi connectivity index (χ1v) is 10.1. The van der Waals surface area contributed by atoms with Gasteiger partial charge >= 0.3 is 5.56 Å². The summed E-state index contributed by atoms with van der Waals surface area (Å²) in [5.41, 5.74) is 0.871. The number of nitrogens with one attached hydrogen (secondary N) is 1. The van der Waals surface area contributed by atoms with E-state index in [1.807, 2.05) is 35.2 Å². The fourth-order valence-corrected chi connectivity index (χ4v) is 4.79. The van der Waals surface area contributed by atoms with Crippen LogP contribution < -0.4 is 10.8 Å². The number of carbonyl (C=O) groups excluding carboxylic acids is 1. The Hall–Kier alpha value is -3.41. The van der Waals surface area contributed by atoms with Crippen LogP contribution in [0, 0.1) is 11.1 Å². The monoisotopic (exact) mass is 423 g/mol. The fraction of sp³-hybridized carbons (Fsp3) is 0.350. The number of piperidine rings is 1. The number of aromatic nitrogens is 5. The normalized spacial score (nSPS) is 21.9. The zero-order valence-corrected chi connectivity index (χ0v) is 16.5. The minimum Gasteiger partial charge on any atom is -0.595 e. The summed E-state index contributed by atoms with van der Waals surface area (Å²) in [6, 6.07) is 11.8. The number of likely N-dealkylation sites (tertiary alicyclic amines) is 1. The van der Waals surface area contributed by atoms with Crippen LogP contribution in [0.1, 0.15) is 29.6 Å². The van der Waals surface area contributed by atoms with Gasteiger partial charge in [-0.25, -0.2) is 9.89 Å². The molecule has 2 aromatic heterocycles. The van der Waals surface area contributed by atoms with Crippen LogP contribution in [0.4, 0.5) is 5.69 Å². The quantitative estimate of drug-likeness (QED) is 0.539. The molecule has 0 aliphatic carbocycles. The summed E-state index contributed by atoms with van der Waals surface area (Å²) in [7, 11) is 0. The first kappa shape index (κ1) is 19.5. The second kappa shape index (κ2) is 7.69. The lowest BCUT2D eigenvalue weighted by molar-refractivity contribution is -0.992. The molecule has 2 N–H and O–H groups in total. The molecule has 1 fully saturated rings. The Morgan fingerprint density at radius 2 is 1.97 bits per heavy atom. The van der Waals surface area contributed by atoms with Crippen molar-refractivity contribution in [2.45, 2.75) is 24.9 Å². The molecule has 31 heavy (non-hydrogen) atoms. The Bertz CT molecular complexity index is 1150. The van der Waals surface area contributed by atoms with Crippen LogP contribution in [0.5, 0.6) is 0 Å². The summed E-state index contributed by atoms with van der Waals surface area (Å²) in [4.78, 5) is 28.1. The molecule has 2 aliphatic heterocycles. The molecular formula is C20H21N7O4. The van der Waals surface area contributed by atoms with Crippen molar-refractivity contribution in [1.29, 1.82) is 0 Å². The van der Waals surface area contributed by atoms with Crippen molar-refractivity contribution in [2.24, 2.45) is 5.92 Å². The van der Waals surface area contributed by atoms with E-state index in [0.717, 1.165) is 17.7 Å². The molecule has 5 rings (SSSR count). The van der Waals surface area contributed by atoms with Crippen LogP contribution in [0.3, 0.4) is 0 Å². The standard InChI is InChI=1S/C20H21N7O4/c28-19-17(27(30)31)7-6-16-15-8-13(10-25(16)19)9-24(11-15)20(29)18(26-12-21-22-23-26)14-4-2-1-3-5-14/h1-7,12-13,15,18,27,30H,8-11H2/t13-,15?,18-/m0/s1. The number of quaternary nitrogens is 1. The molecule has 2 bridgehead atoms. The van der Waals surface area contributed by atoms with E-state index in [1.54, 1.807) is 10.6 Å². The molecule has 160 valence electrons. The van der Waals surface area contributed by atoms with E-state index < -0.39 is 16.8 Å². The lowest BCUT2D eigenvalue weighted by Gasteiger charge is -2.43. The third kappa shape index (κ3) is 3.42. The van der Waals surface area contributed by atoms with Crippen LogP contribution >= 0.6 is 0 Å². The molecule has 0 radical (unpaired) electrons. The number of hydrogen-bond donors (Lipinski definition) is 2. The van der Waals surface area contributed by atoms with Gasteiger partial charge in [-0.3, -0.25) is 9.59 Å². The van der Waals surface area contributed by atoms with Crippen molar-refractivity contribution in [2.75, 3.05) is 13.1 Å². The fourth-order valence-electron chi connectivity index (χ4n) is 4.79. The maximum Gasteiger partial charge on any atom is 0.315 e. The van der Waals surface area contributed by atoms with E-state index in [2.05, 4.69) is 15.5 Å². The van der Waals surface area contributed by atoms with Gasteiger partial charge < -0.3 is 14.7 Å². The van der Waals surface area contributed by atoms with Crippen molar-refractivity contribution in [3.63, 3.8) is 0 Å². The summed E-state index contributed by atoms with van der Waals surface area (Å²) in [6.45, 7) is 1.34. The highest BCUT2D eigenvalue weighted by atomic mass is 16.8. The van der Waals surface area contributed by atoms with Gasteiger partial charge in [-0.1, -0.05) is 30.3 Å². The summed E-state index contributed by atoms with van der Waals surface area (Å²) in [5, 5.41) is 30.7. The third-order valence-electron chi connectivity index (χ3n) is 6.12. The Morgan fingerprint density at radius 3 is 2.68 bits per heavy atom. The van der Waals surface area contributed by atoms with Crippen LogP contribution in [-0.2, 0) is 11.3 Å². The molecule has 3 aromatic rings. The summed E-state index contributed by atoms with van der Waals surface area (Å²) < 4.78 is 3.03. The van der Waals surface area contributed by atoms with Gasteiger partial charge in [-0.15, -0.1) is 5.10 Å². The number of nitrogens with zero attached hydrogens (tertiary/aromatic N) is 6. The summed E-state index contributed by atoms with van der Waals surface area (Å²) >= 11 is 0.